The Morgan fingerprint density at radius 1 is 0.308 bits per heavy atom. The van der Waals surface area contributed by atoms with Crippen molar-refractivity contribution in [2.24, 2.45) is 0 Å². The van der Waals surface area contributed by atoms with E-state index in [1.54, 1.807) is 0 Å². The lowest BCUT2D eigenvalue weighted by Gasteiger charge is -2.15. The zero-order valence-electron chi connectivity index (χ0n) is 52.4. The summed E-state index contributed by atoms with van der Waals surface area (Å²) in [5.74, 6) is -0.577. The van der Waals surface area contributed by atoms with E-state index < -0.39 is 6.10 Å². The van der Waals surface area contributed by atoms with E-state index >= 15 is 0 Å². The summed E-state index contributed by atoms with van der Waals surface area (Å²) in [6.45, 7) is 4.08. The summed E-state index contributed by atoms with van der Waals surface area (Å²) in [6.07, 6.45) is 94.1. The first kappa shape index (κ1) is 75.6. The lowest BCUT2D eigenvalue weighted by atomic mass is 10.0. The van der Waals surface area contributed by atoms with Gasteiger partial charge in [0.05, 0.1) is 6.61 Å². The van der Waals surface area contributed by atoms with Crippen LogP contribution in [0.15, 0.2) is 60.8 Å². The maximum Gasteiger partial charge on any atom is 0.306 e. The molecule has 5 nitrogen and oxygen atoms in total. The summed E-state index contributed by atoms with van der Waals surface area (Å²) in [5.41, 5.74) is 0. The van der Waals surface area contributed by atoms with Crippen molar-refractivity contribution in [1.29, 1.82) is 0 Å². The van der Waals surface area contributed by atoms with E-state index in [1.807, 2.05) is 0 Å². The highest BCUT2D eigenvalue weighted by molar-refractivity contribution is 5.70. The van der Waals surface area contributed by atoms with Crippen molar-refractivity contribution in [2.45, 2.75) is 380 Å². The van der Waals surface area contributed by atoms with Crippen molar-refractivity contribution in [3.8, 4) is 0 Å². The molecule has 0 aromatic rings. The van der Waals surface area contributed by atoms with Gasteiger partial charge in [-0.25, -0.2) is 0 Å². The fourth-order valence-electron chi connectivity index (χ4n) is 10.6. The Morgan fingerprint density at radius 2 is 0.551 bits per heavy atom. The first-order valence-corrected chi connectivity index (χ1v) is 34.8. The molecule has 0 aliphatic rings. The lowest BCUT2D eigenvalue weighted by Crippen LogP contribution is -2.28. The zero-order valence-corrected chi connectivity index (χ0v) is 52.4. The van der Waals surface area contributed by atoms with Crippen LogP contribution in [0.1, 0.15) is 373 Å². The Bertz CT molecular complexity index is 1330. The topological polar surface area (TPSA) is 72.8 Å². The van der Waals surface area contributed by atoms with Gasteiger partial charge in [-0.1, -0.05) is 364 Å². The summed E-state index contributed by atoms with van der Waals surface area (Å²) >= 11 is 0. The molecule has 0 amide bonds. The van der Waals surface area contributed by atoms with Crippen LogP contribution in [0.4, 0.5) is 0 Å². The van der Waals surface area contributed by atoms with Gasteiger partial charge >= 0.3 is 11.9 Å². The molecule has 0 heterocycles. The molecule has 1 unspecified atom stereocenters. The molecule has 456 valence electrons. The van der Waals surface area contributed by atoms with E-state index in [4.69, 9.17) is 9.47 Å². The number of aliphatic hydroxyl groups is 1. The van der Waals surface area contributed by atoms with E-state index in [1.165, 1.54) is 276 Å². The molecule has 78 heavy (non-hydrogen) atoms. The molecular formula is C73H134O5. The first-order valence-electron chi connectivity index (χ1n) is 34.8. The summed E-state index contributed by atoms with van der Waals surface area (Å²) in [4.78, 5) is 24.6. The van der Waals surface area contributed by atoms with Gasteiger partial charge in [0.1, 0.15) is 6.61 Å². The van der Waals surface area contributed by atoms with Crippen LogP contribution in [0, 0.1) is 0 Å². The van der Waals surface area contributed by atoms with Gasteiger partial charge in [0, 0.05) is 12.8 Å². The summed E-state index contributed by atoms with van der Waals surface area (Å²) in [5, 5.41) is 9.70. The van der Waals surface area contributed by atoms with Crippen LogP contribution in [0.2, 0.25) is 0 Å². The average molecular weight is 1090 g/mol. The number of hydrogen-bond donors (Lipinski definition) is 1. The molecule has 1 atom stereocenters. The van der Waals surface area contributed by atoms with Gasteiger partial charge in [-0.2, -0.15) is 0 Å². The van der Waals surface area contributed by atoms with Crippen LogP contribution in [0.25, 0.3) is 0 Å². The minimum absolute atomic E-state index is 0.0644. The fourth-order valence-corrected chi connectivity index (χ4v) is 10.6. The molecule has 0 aromatic heterocycles. The largest absolute Gasteiger partial charge is 0.462 e. The number of ether oxygens (including phenoxy) is 2. The number of rotatable bonds is 65. The maximum absolute atomic E-state index is 12.3. The number of hydrogen-bond acceptors (Lipinski definition) is 5. The molecule has 5 heteroatoms. The molecule has 0 aliphatic carbocycles. The predicted octanol–water partition coefficient (Wildman–Crippen LogP) is 24.1. The van der Waals surface area contributed by atoms with E-state index in [-0.39, 0.29) is 25.2 Å². The van der Waals surface area contributed by atoms with Gasteiger partial charge in [0.2, 0.25) is 0 Å². The highest BCUT2D eigenvalue weighted by atomic mass is 16.6. The SMILES string of the molecule is CC/C=C\C/C=C\C/C=C\C/C=C\C/C=C\CCCCCCCCCCCCCC(=O)OC(CO)COC(=O)CCCCCCCCCCCCCCCCCCCCCCCCCCCCCCCCCCCCCCC. The minimum atomic E-state index is -0.776. The van der Waals surface area contributed by atoms with E-state index in [9.17, 15) is 14.7 Å². The Labute approximate surface area is 487 Å². The van der Waals surface area contributed by atoms with Gasteiger partial charge in [-0.15, -0.1) is 0 Å². The van der Waals surface area contributed by atoms with Crippen LogP contribution >= 0.6 is 0 Å². The van der Waals surface area contributed by atoms with E-state index in [0.717, 1.165) is 70.6 Å². The lowest BCUT2D eigenvalue weighted by molar-refractivity contribution is -0.161. The molecule has 0 fully saturated rings. The third-order valence-electron chi connectivity index (χ3n) is 15.8. The number of allylic oxidation sites excluding steroid dienone is 10. The quantitative estimate of drug-likeness (QED) is 0.0373. The summed E-state index contributed by atoms with van der Waals surface area (Å²) in [6, 6.07) is 0. The van der Waals surface area contributed by atoms with Gasteiger partial charge in [0.25, 0.3) is 0 Å². The monoisotopic (exact) mass is 1090 g/mol. The highest BCUT2D eigenvalue weighted by Gasteiger charge is 2.16. The molecule has 0 spiro atoms. The van der Waals surface area contributed by atoms with Crippen LogP contribution in [0.5, 0.6) is 0 Å². The molecular weight excluding hydrogens is 957 g/mol. The van der Waals surface area contributed by atoms with Crippen molar-refractivity contribution in [3.63, 3.8) is 0 Å². The van der Waals surface area contributed by atoms with Gasteiger partial charge in [-0.05, 0) is 57.8 Å². The normalized spacial score (nSPS) is 12.5. The van der Waals surface area contributed by atoms with Crippen molar-refractivity contribution >= 4 is 11.9 Å². The number of carbonyl (C=O) groups excluding carboxylic acids is 2. The van der Waals surface area contributed by atoms with Crippen molar-refractivity contribution < 1.29 is 24.2 Å². The van der Waals surface area contributed by atoms with Gasteiger partial charge < -0.3 is 14.6 Å². The minimum Gasteiger partial charge on any atom is -0.462 e. The molecule has 0 radical (unpaired) electrons. The molecule has 0 aromatic carbocycles. The van der Waals surface area contributed by atoms with Crippen molar-refractivity contribution in [1.82, 2.24) is 0 Å². The zero-order chi connectivity index (χ0) is 56.2. The molecule has 0 aliphatic heterocycles. The van der Waals surface area contributed by atoms with Crippen molar-refractivity contribution in [3.05, 3.63) is 60.8 Å². The number of aliphatic hydroxyl groups excluding tert-OH is 1. The van der Waals surface area contributed by atoms with Crippen LogP contribution in [-0.2, 0) is 19.1 Å². The smallest absolute Gasteiger partial charge is 0.306 e. The molecule has 0 bridgehead atoms. The van der Waals surface area contributed by atoms with Gasteiger partial charge in [-0.3, -0.25) is 9.59 Å². The van der Waals surface area contributed by atoms with Crippen LogP contribution in [-0.4, -0.2) is 36.4 Å². The van der Waals surface area contributed by atoms with E-state index in [0.29, 0.717) is 12.8 Å². The Morgan fingerprint density at radius 3 is 0.833 bits per heavy atom. The molecule has 0 rings (SSSR count). The second kappa shape index (κ2) is 68.9. The van der Waals surface area contributed by atoms with Crippen LogP contribution in [0.3, 0.4) is 0 Å². The highest BCUT2D eigenvalue weighted by Crippen LogP contribution is 2.19. The summed E-state index contributed by atoms with van der Waals surface area (Å²) in [7, 11) is 0. The second-order valence-electron chi connectivity index (χ2n) is 23.6. The van der Waals surface area contributed by atoms with Crippen LogP contribution < -0.4 is 0 Å². The number of carbonyl (C=O) groups is 2. The standard InChI is InChI=1S/C73H134O5/c1-3-5-7-9-11-13-15-17-19-21-23-25-27-29-31-32-33-34-35-36-37-38-39-40-42-43-45-47-49-51-53-55-57-59-61-63-65-67-72(75)77-70-71(69-74)78-73(76)68-66-64-62-60-58-56-54-52-50-48-46-44-41-30-28-26-24-22-20-18-16-14-12-10-8-6-4-2/h6,8,12,14,18,20,24,26,30,41,71,74H,3-5,7,9-11,13,15-17,19,21-23,25,27-29,31-40,42-70H2,1-2H3/b8-6-,14-12-,20-18-,26-24-,41-30-. The first-order chi connectivity index (χ1) is 38.6. The third kappa shape index (κ3) is 66.1. The van der Waals surface area contributed by atoms with E-state index in [2.05, 4.69) is 74.6 Å². The molecule has 1 N–H and O–H groups in total. The Balaban J connectivity index is 3.39. The predicted molar refractivity (Wildman–Crippen MR) is 344 cm³/mol. The number of esters is 2. The Hall–Kier alpha value is -2.40. The second-order valence-corrected chi connectivity index (χ2v) is 23.6. The van der Waals surface area contributed by atoms with Gasteiger partial charge in [0.15, 0.2) is 6.10 Å². The molecule has 0 saturated heterocycles. The maximum atomic E-state index is 12.3. The third-order valence-corrected chi connectivity index (χ3v) is 15.8. The number of unbranched alkanes of at least 4 members (excludes halogenated alkanes) is 47. The summed E-state index contributed by atoms with van der Waals surface area (Å²) < 4.78 is 10.8. The molecule has 0 saturated carbocycles. The van der Waals surface area contributed by atoms with Crippen molar-refractivity contribution in [2.75, 3.05) is 13.2 Å². The average Bonchev–Trinajstić information content (AvgIpc) is 3.44. The Kier molecular flexibility index (Phi) is 66.8. The fraction of sp³-hybridized carbons (Fsp3) is 0.836.